The molecule has 0 radical (unpaired) electrons. The Balaban J connectivity index is 1.77. The lowest BCUT2D eigenvalue weighted by Crippen LogP contribution is -2.52. The molecule has 2 fully saturated rings. The third-order valence-electron chi connectivity index (χ3n) is 6.03. The molecule has 1 saturated heterocycles. The number of carbonyl (C=O) groups is 1. The van der Waals surface area contributed by atoms with Gasteiger partial charge >= 0.3 is 0 Å². The van der Waals surface area contributed by atoms with Crippen LogP contribution in [0.5, 0.6) is 11.5 Å². The van der Waals surface area contributed by atoms with Crippen LogP contribution in [0.25, 0.3) is 0 Å². The van der Waals surface area contributed by atoms with Gasteiger partial charge in [-0.05, 0) is 48.9 Å². The van der Waals surface area contributed by atoms with Gasteiger partial charge in [-0.1, -0.05) is 36.4 Å². The number of hydrogen-bond donors (Lipinski definition) is 0. The summed E-state index contributed by atoms with van der Waals surface area (Å²) >= 11 is 0. The first kappa shape index (κ1) is 19.8. The highest BCUT2D eigenvalue weighted by atomic mass is 16.5. The van der Waals surface area contributed by atoms with Crippen molar-refractivity contribution in [2.75, 3.05) is 26.8 Å². The summed E-state index contributed by atoms with van der Waals surface area (Å²) in [4.78, 5) is 14.0. The van der Waals surface area contributed by atoms with E-state index < -0.39 is 5.60 Å². The largest absolute Gasteiger partial charge is 0.493 e. The molecule has 154 valence electrons. The molecule has 1 aliphatic heterocycles. The minimum Gasteiger partial charge on any atom is -0.493 e. The van der Waals surface area contributed by atoms with Crippen LogP contribution in [0, 0.1) is 0 Å². The molecule has 2 aromatic carbocycles. The molecule has 1 atom stereocenters. The van der Waals surface area contributed by atoms with Gasteiger partial charge in [-0.3, -0.25) is 4.79 Å². The number of carbonyl (C=O) groups excluding carboxylic acids is 1. The fraction of sp³-hybridized carbons (Fsp3) is 0.458. The first-order valence-corrected chi connectivity index (χ1v) is 10.4. The normalized spacial score (nSPS) is 22.5. The van der Waals surface area contributed by atoms with E-state index in [1.54, 1.807) is 14.0 Å². The number of rotatable bonds is 5. The third-order valence-corrected chi connectivity index (χ3v) is 6.03. The predicted octanol–water partition coefficient (Wildman–Crippen LogP) is 4.14. The molecule has 1 heterocycles. The average molecular weight is 395 g/mol. The Morgan fingerprint density at radius 2 is 1.83 bits per heavy atom. The number of ether oxygens (including phenoxy) is 3. The highest BCUT2D eigenvalue weighted by Gasteiger charge is 2.41. The second kappa shape index (κ2) is 8.46. The van der Waals surface area contributed by atoms with Gasteiger partial charge in [0.2, 0.25) is 5.91 Å². The van der Waals surface area contributed by atoms with Crippen molar-refractivity contribution in [3.8, 4) is 11.5 Å². The minimum atomic E-state index is -0.731. The van der Waals surface area contributed by atoms with E-state index in [4.69, 9.17) is 14.2 Å². The number of hydrogen-bond acceptors (Lipinski definition) is 4. The van der Waals surface area contributed by atoms with E-state index >= 15 is 0 Å². The molecule has 0 spiro atoms. The van der Waals surface area contributed by atoms with Crippen molar-refractivity contribution in [3.05, 3.63) is 59.7 Å². The lowest BCUT2D eigenvalue weighted by molar-refractivity contribution is -0.144. The summed E-state index contributed by atoms with van der Waals surface area (Å²) in [5, 5.41) is 0. The van der Waals surface area contributed by atoms with Crippen molar-refractivity contribution in [1.29, 1.82) is 0 Å². The van der Waals surface area contributed by atoms with Gasteiger partial charge in [-0.25, -0.2) is 0 Å². The van der Waals surface area contributed by atoms with E-state index in [1.807, 2.05) is 41.3 Å². The summed E-state index contributed by atoms with van der Waals surface area (Å²) in [6.07, 6.45) is 4.79. The van der Waals surface area contributed by atoms with Crippen LogP contribution in [0.2, 0.25) is 0 Å². The highest BCUT2D eigenvalue weighted by Crippen LogP contribution is 2.41. The van der Waals surface area contributed by atoms with Crippen molar-refractivity contribution in [2.24, 2.45) is 0 Å². The van der Waals surface area contributed by atoms with E-state index in [1.165, 1.54) is 12.8 Å². The predicted molar refractivity (Wildman–Crippen MR) is 111 cm³/mol. The Morgan fingerprint density at radius 3 is 2.52 bits per heavy atom. The minimum absolute atomic E-state index is 0.0598. The van der Waals surface area contributed by atoms with Gasteiger partial charge in [0, 0.05) is 13.5 Å². The molecule has 1 unspecified atom stereocenters. The van der Waals surface area contributed by atoms with Gasteiger partial charge in [0.05, 0.1) is 26.4 Å². The van der Waals surface area contributed by atoms with Gasteiger partial charge < -0.3 is 19.1 Å². The monoisotopic (exact) mass is 395 g/mol. The van der Waals surface area contributed by atoms with Crippen molar-refractivity contribution < 1.29 is 19.0 Å². The molecule has 2 aromatic rings. The first-order valence-electron chi connectivity index (χ1n) is 10.4. The maximum atomic E-state index is 12.2. The summed E-state index contributed by atoms with van der Waals surface area (Å²) in [6, 6.07) is 16.1. The molecule has 0 bridgehead atoms. The Hall–Kier alpha value is -2.53. The summed E-state index contributed by atoms with van der Waals surface area (Å²) < 4.78 is 18.3. The standard InChI is InChI=1S/C24H29NO4/c1-18(26)25-14-15-28-24(17-25,19-8-4-3-5-9-19)20-12-13-22(27-2)23(16-20)29-21-10-6-7-11-21/h3-5,8-9,12-13,16,21H,6-7,10-11,14-15,17H2,1-2H3. The van der Waals surface area contributed by atoms with Gasteiger partial charge in [-0.2, -0.15) is 0 Å². The maximum absolute atomic E-state index is 12.2. The van der Waals surface area contributed by atoms with E-state index in [0.717, 1.165) is 35.5 Å². The molecule has 1 saturated carbocycles. The Bertz CT molecular complexity index is 847. The Labute approximate surface area is 172 Å². The number of nitrogens with zero attached hydrogens (tertiary/aromatic N) is 1. The van der Waals surface area contributed by atoms with Gasteiger partial charge in [0.15, 0.2) is 11.5 Å². The smallest absolute Gasteiger partial charge is 0.219 e. The number of methoxy groups -OCH3 is 1. The highest BCUT2D eigenvalue weighted by molar-refractivity contribution is 5.73. The molecule has 4 rings (SSSR count). The molecule has 29 heavy (non-hydrogen) atoms. The third kappa shape index (κ3) is 3.97. The molecule has 1 amide bonds. The number of morpholine rings is 1. The van der Waals surface area contributed by atoms with E-state index in [2.05, 4.69) is 12.1 Å². The van der Waals surface area contributed by atoms with Crippen LogP contribution in [0.3, 0.4) is 0 Å². The Morgan fingerprint density at radius 1 is 1.07 bits per heavy atom. The van der Waals surface area contributed by atoms with Crippen LogP contribution >= 0.6 is 0 Å². The summed E-state index contributed by atoms with van der Waals surface area (Å²) in [6.45, 7) is 3.18. The molecule has 0 N–H and O–H groups in total. The van der Waals surface area contributed by atoms with Crippen molar-refractivity contribution >= 4 is 5.91 Å². The van der Waals surface area contributed by atoms with Crippen LogP contribution in [0.15, 0.2) is 48.5 Å². The Kier molecular flexibility index (Phi) is 5.76. The topological polar surface area (TPSA) is 48.0 Å². The molecule has 5 nitrogen and oxygen atoms in total. The molecular weight excluding hydrogens is 366 g/mol. The van der Waals surface area contributed by atoms with Gasteiger partial charge in [0.25, 0.3) is 0 Å². The zero-order valence-corrected chi connectivity index (χ0v) is 17.2. The second-order valence-corrected chi connectivity index (χ2v) is 7.87. The van der Waals surface area contributed by atoms with Gasteiger partial charge in [0.1, 0.15) is 5.60 Å². The average Bonchev–Trinajstić information content (AvgIpc) is 3.27. The fourth-order valence-electron chi connectivity index (χ4n) is 4.42. The summed E-state index contributed by atoms with van der Waals surface area (Å²) in [5.74, 6) is 1.53. The maximum Gasteiger partial charge on any atom is 0.219 e. The van der Waals surface area contributed by atoms with Gasteiger partial charge in [-0.15, -0.1) is 0 Å². The van der Waals surface area contributed by atoms with E-state index in [9.17, 15) is 4.79 Å². The zero-order chi connectivity index (χ0) is 20.3. The van der Waals surface area contributed by atoms with Crippen molar-refractivity contribution in [3.63, 3.8) is 0 Å². The lowest BCUT2D eigenvalue weighted by atomic mass is 9.84. The summed E-state index contributed by atoms with van der Waals surface area (Å²) in [7, 11) is 1.66. The molecule has 0 aromatic heterocycles. The van der Waals surface area contributed by atoms with Crippen LogP contribution in [0.1, 0.15) is 43.7 Å². The SMILES string of the molecule is COc1ccc(C2(c3ccccc3)CN(C(C)=O)CCO2)cc1OC1CCCC1. The summed E-state index contributed by atoms with van der Waals surface area (Å²) in [5.41, 5.74) is 1.27. The fourth-order valence-corrected chi connectivity index (χ4v) is 4.42. The number of amides is 1. The molecular formula is C24H29NO4. The van der Waals surface area contributed by atoms with Crippen LogP contribution in [0.4, 0.5) is 0 Å². The van der Waals surface area contributed by atoms with E-state index in [-0.39, 0.29) is 12.0 Å². The van der Waals surface area contributed by atoms with Crippen LogP contribution in [-0.2, 0) is 15.1 Å². The molecule has 1 aliphatic carbocycles. The number of benzene rings is 2. The first-order chi connectivity index (χ1) is 14.1. The quantitative estimate of drug-likeness (QED) is 0.763. The second-order valence-electron chi connectivity index (χ2n) is 7.87. The molecule has 2 aliphatic rings. The molecule has 5 heteroatoms. The van der Waals surface area contributed by atoms with Crippen LogP contribution in [-0.4, -0.2) is 43.7 Å². The zero-order valence-electron chi connectivity index (χ0n) is 17.2. The van der Waals surface area contributed by atoms with Crippen molar-refractivity contribution in [1.82, 2.24) is 4.90 Å². The van der Waals surface area contributed by atoms with E-state index in [0.29, 0.717) is 19.7 Å². The lowest BCUT2D eigenvalue weighted by Gasteiger charge is -2.43. The van der Waals surface area contributed by atoms with Crippen molar-refractivity contribution in [2.45, 2.75) is 44.3 Å². The van der Waals surface area contributed by atoms with Crippen LogP contribution < -0.4 is 9.47 Å².